The minimum absolute atomic E-state index is 0.386. The number of nitrogens with zero attached hydrogens (tertiary/aromatic N) is 2. The Kier molecular flexibility index (Phi) is 1.88. The van der Waals surface area contributed by atoms with E-state index >= 15 is 0 Å². The van der Waals surface area contributed by atoms with Crippen molar-refractivity contribution in [1.82, 2.24) is 9.97 Å². The van der Waals surface area contributed by atoms with Gasteiger partial charge >= 0.3 is 0 Å². The van der Waals surface area contributed by atoms with E-state index in [1.807, 2.05) is 0 Å². The number of fused-ring (bicyclic) bond motifs is 1. The lowest BCUT2D eigenvalue weighted by atomic mass is 10.3. The third-order valence-corrected chi connectivity index (χ3v) is 1.62. The van der Waals surface area contributed by atoms with Crippen LogP contribution in [0, 0.1) is 0 Å². The maximum Gasteiger partial charge on any atom is 0.298 e. The molecule has 64 valence electrons. The zero-order valence-electron chi connectivity index (χ0n) is 6.68. The van der Waals surface area contributed by atoms with Crippen molar-refractivity contribution < 1.29 is 9.53 Å². The number of hydrogen-bond donors (Lipinski definition) is 0. The summed E-state index contributed by atoms with van der Waals surface area (Å²) >= 11 is 0. The maximum atomic E-state index is 10.1. The summed E-state index contributed by atoms with van der Waals surface area (Å²) in [6.45, 7) is 0.386. The molecular formula is C9H6N2O2. The molecule has 0 aliphatic carbocycles. The number of benzene rings is 1. The van der Waals surface area contributed by atoms with Crippen LogP contribution in [0.25, 0.3) is 11.0 Å². The number of rotatable bonds is 2. The minimum Gasteiger partial charge on any atom is -0.429 e. The van der Waals surface area contributed by atoms with Crippen LogP contribution in [0.1, 0.15) is 0 Å². The standard InChI is InChI=1S/C9H6N2O2/c12-6-13-7-1-2-8-9(5-7)11-4-3-10-8/h1-6H. The maximum absolute atomic E-state index is 10.1. The van der Waals surface area contributed by atoms with Gasteiger partial charge in [0.25, 0.3) is 6.47 Å². The number of ether oxygens (including phenoxy) is 1. The number of carbonyl (C=O) groups excluding carboxylic acids is 1. The van der Waals surface area contributed by atoms with Crippen LogP contribution in [-0.2, 0) is 4.79 Å². The van der Waals surface area contributed by atoms with Crippen LogP contribution in [0.15, 0.2) is 30.6 Å². The van der Waals surface area contributed by atoms with Crippen molar-refractivity contribution in [2.75, 3.05) is 0 Å². The second-order valence-electron chi connectivity index (χ2n) is 2.42. The van der Waals surface area contributed by atoms with E-state index in [2.05, 4.69) is 14.7 Å². The van der Waals surface area contributed by atoms with Gasteiger partial charge in [-0.25, -0.2) is 0 Å². The molecule has 0 aliphatic rings. The van der Waals surface area contributed by atoms with Crippen LogP contribution in [0.5, 0.6) is 5.75 Å². The molecule has 0 unspecified atom stereocenters. The predicted octanol–water partition coefficient (Wildman–Crippen LogP) is 1.16. The molecule has 1 heterocycles. The van der Waals surface area contributed by atoms with Gasteiger partial charge in [0.1, 0.15) is 5.75 Å². The fourth-order valence-corrected chi connectivity index (χ4v) is 1.07. The number of carbonyl (C=O) groups is 1. The van der Waals surface area contributed by atoms with E-state index in [0.29, 0.717) is 17.7 Å². The molecular weight excluding hydrogens is 168 g/mol. The topological polar surface area (TPSA) is 52.1 Å². The summed E-state index contributed by atoms with van der Waals surface area (Å²) in [6, 6.07) is 5.09. The Hall–Kier alpha value is -1.97. The Balaban J connectivity index is 2.55. The van der Waals surface area contributed by atoms with E-state index in [0.717, 1.165) is 5.52 Å². The Morgan fingerprint density at radius 2 is 1.92 bits per heavy atom. The lowest BCUT2D eigenvalue weighted by Gasteiger charge is -1.98. The smallest absolute Gasteiger partial charge is 0.298 e. The van der Waals surface area contributed by atoms with Crippen LogP contribution in [0.3, 0.4) is 0 Å². The molecule has 4 nitrogen and oxygen atoms in total. The first-order valence-electron chi connectivity index (χ1n) is 3.71. The largest absolute Gasteiger partial charge is 0.429 e. The van der Waals surface area contributed by atoms with E-state index in [-0.39, 0.29) is 0 Å². The van der Waals surface area contributed by atoms with Gasteiger partial charge in [-0.1, -0.05) is 0 Å². The molecule has 0 radical (unpaired) electrons. The van der Waals surface area contributed by atoms with Crippen LogP contribution in [0.4, 0.5) is 0 Å². The molecule has 1 aromatic carbocycles. The van der Waals surface area contributed by atoms with E-state index in [1.165, 1.54) is 0 Å². The summed E-state index contributed by atoms with van der Waals surface area (Å²) in [5, 5.41) is 0. The second-order valence-corrected chi connectivity index (χ2v) is 2.42. The molecule has 0 spiro atoms. The third-order valence-electron chi connectivity index (χ3n) is 1.62. The fourth-order valence-electron chi connectivity index (χ4n) is 1.07. The molecule has 0 aliphatic heterocycles. The predicted molar refractivity (Wildman–Crippen MR) is 46.2 cm³/mol. The summed E-state index contributed by atoms with van der Waals surface area (Å²) in [6.07, 6.45) is 3.20. The lowest BCUT2D eigenvalue weighted by Crippen LogP contribution is -1.89. The van der Waals surface area contributed by atoms with Crippen molar-refractivity contribution in [1.29, 1.82) is 0 Å². The van der Waals surface area contributed by atoms with Crippen molar-refractivity contribution in [2.45, 2.75) is 0 Å². The monoisotopic (exact) mass is 174 g/mol. The summed E-state index contributed by atoms with van der Waals surface area (Å²) < 4.78 is 4.67. The molecule has 0 saturated heterocycles. The quantitative estimate of drug-likeness (QED) is 0.641. The van der Waals surface area contributed by atoms with Gasteiger partial charge in [0, 0.05) is 18.5 Å². The average Bonchev–Trinajstić information content (AvgIpc) is 2.18. The molecule has 0 atom stereocenters. The average molecular weight is 174 g/mol. The molecule has 2 aromatic rings. The molecule has 0 fully saturated rings. The fraction of sp³-hybridized carbons (Fsp3) is 0. The lowest BCUT2D eigenvalue weighted by molar-refractivity contribution is -0.120. The van der Waals surface area contributed by atoms with Crippen molar-refractivity contribution in [2.24, 2.45) is 0 Å². The first kappa shape index (κ1) is 7.67. The molecule has 0 bridgehead atoms. The SMILES string of the molecule is O=COc1ccc2nccnc2c1. The van der Waals surface area contributed by atoms with E-state index in [9.17, 15) is 4.79 Å². The Bertz CT molecular complexity index is 442. The number of hydrogen-bond acceptors (Lipinski definition) is 4. The van der Waals surface area contributed by atoms with Gasteiger partial charge in [0.05, 0.1) is 11.0 Å². The molecule has 2 rings (SSSR count). The Morgan fingerprint density at radius 3 is 2.69 bits per heavy atom. The number of aromatic nitrogens is 2. The van der Waals surface area contributed by atoms with Crippen molar-refractivity contribution in [3.63, 3.8) is 0 Å². The molecule has 1 aromatic heterocycles. The van der Waals surface area contributed by atoms with Crippen molar-refractivity contribution in [3.05, 3.63) is 30.6 Å². The van der Waals surface area contributed by atoms with Crippen LogP contribution < -0.4 is 4.74 Å². The zero-order valence-corrected chi connectivity index (χ0v) is 6.68. The van der Waals surface area contributed by atoms with E-state index in [4.69, 9.17) is 0 Å². The van der Waals surface area contributed by atoms with Gasteiger partial charge in [-0.15, -0.1) is 0 Å². The van der Waals surface area contributed by atoms with Gasteiger partial charge in [-0.05, 0) is 12.1 Å². The summed E-state index contributed by atoms with van der Waals surface area (Å²) in [5.41, 5.74) is 1.49. The van der Waals surface area contributed by atoms with Crippen LogP contribution >= 0.6 is 0 Å². The molecule has 0 saturated carbocycles. The Labute approximate surface area is 74.2 Å². The molecule has 0 amide bonds. The summed E-state index contributed by atoms with van der Waals surface area (Å²) in [5.74, 6) is 0.475. The highest BCUT2D eigenvalue weighted by molar-refractivity contribution is 5.75. The normalized spacial score (nSPS) is 9.85. The zero-order chi connectivity index (χ0) is 9.10. The van der Waals surface area contributed by atoms with E-state index in [1.54, 1.807) is 30.6 Å². The highest BCUT2D eigenvalue weighted by Gasteiger charge is 1.97. The van der Waals surface area contributed by atoms with Gasteiger partial charge in [-0.2, -0.15) is 0 Å². The molecule has 4 heteroatoms. The molecule has 13 heavy (non-hydrogen) atoms. The van der Waals surface area contributed by atoms with Crippen molar-refractivity contribution >= 4 is 17.5 Å². The summed E-state index contributed by atoms with van der Waals surface area (Å²) in [4.78, 5) is 18.2. The Morgan fingerprint density at radius 1 is 1.15 bits per heavy atom. The van der Waals surface area contributed by atoms with E-state index < -0.39 is 0 Å². The van der Waals surface area contributed by atoms with Crippen LogP contribution in [0.2, 0.25) is 0 Å². The first-order chi connectivity index (χ1) is 6.40. The highest BCUT2D eigenvalue weighted by Crippen LogP contribution is 2.16. The third kappa shape index (κ3) is 1.46. The highest BCUT2D eigenvalue weighted by atomic mass is 16.5. The first-order valence-corrected chi connectivity index (χ1v) is 3.71. The van der Waals surface area contributed by atoms with Gasteiger partial charge < -0.3 is 4.74 Å². The minimum atomic E-state index is 0.386. The van der Waals surface area contributed by atoms with Gasteiger partial charge in [0.2, 0.25) is 0 Å². The van der Waals surface area contributed by atoms with Crippen molar-refractivity contribution in [3.8, 4) is 5.75 Å². The summed E-state index contributed by atoms with van der Waals surface area (Å²) in [7, 11) is 0. The second kappa shape index (κ2) is 3.18. The van der Waals surface area contributed by atoms with Gasteiger partial charge in [0.15, 0.2) is 0 Å². The molecule has 0 N–H and O–H groups in total. The van der Waals surface area contributed by atoms with Crippen LogP contribution in [-0.4, -0.2) is 16.4 Å². The van der Waals surface area contributed by atoms with Gasteiger partial charge in [-0.3, -0.25) is 14.8 Å².